The highest BCUT2D eigenvalue weighted by atomic mass is 16.6. The summed E-state index contributed by atoms with van der Waals surface area (Å²) in [5.41, 5.74) is 2.85. The van der Waals surface area contributed by atoms with Crippen LogP contribution in [-0.4, -0.2) is 30.5 Å². The highest BCUT2D eigenvalue weighted by Crippen LogP contribution is 2.35. The highest BCUT2D eigenvalue weighted by molar-refractivity contribution is 5.22. The number of hydrogen-bond acceptors (Lipinski definition) is 6. The predicted octanol–water partition coefficient (Wildman–Crippen LogP) is 6.77. The van der Waals surface area contributed by atoms with Gasteiger partial charge in [-0.25, -0.2) is 0 Å². The van der Waals surface area contributed by atoms with E-state index >= 15 is 0 Å². The lowest BCUT2D eigenvalue weighted by molar-refractivity contribution is -0.208. The lowest BCUT2D eigenvalue weighted by atomic mass is 9.84. The van der Waals surface area contributed by atoms with Crippen LogP contribution >= 0.6 is 0 Å². The molecule has 0 spiro atoms. The molecule has 0 fully saturated rings. The van der Waals surface area contributed by atoms with E-state index in [1.807, 2.05) is 140 Å². The second-order valence-electron chi connectivity index (χ2n) is 10.2. The van der Waals surface area contributed by atoms with Crippen molar-refractivity contribution in [3.63, 3.8) is 0 Å². The molecule has 0 aliphatic heterocycles. The normalized spacial score (nSPS) is 21.5. The van der Waals surface area contributed by atoms with E-state index in [4.69, 9.17) is 23.7 Å². The van der Waals surface area contributed by atoms with Gasteiger partial charge < -0.3 is 23.7 Å². The van der Waals surface area contributed by atoms with Crippen LogP contribution in [0.3, 0.4) is 0 Å². The van der Waals surface area contributed by atoms with E-state index < -0.39 is 23.9 Å². The summed E-state index contributed by atoms with van der Waals surface area (Å²) in [5.74, 6) is 0. The van der Waals surface area contributed by atoms with Crippen molar-refractivity contribution in [2.45, 2.75) is 50.3 Å². The summed E-state index contributed by atoms with van der Waals surface area (Å²) in [4.78, 5) is 0. The number of benzene rings is 4. The first-order chi connectivity index (χ1) is 20.8. The zero-order valence-corrected chi connectivity index (χ0v) is 23.5. The molecule has 6 heteroatoms. The number of nitriles is 1. The summed E-state index contributed by atoms with van der Waals surface area (Å²) in [5, 5.41) is 9.83. The first kappa shape index (κ1) is 29.2. The molecule has 0 amide bonds. The smallest absolute Gasteiger partial charge is 0.287 e. The number of rotatable bonds is 14. The molecule has 214 valence electrons. The van der Waals surface area contributed by atoms with Gasteiger partial charge in [0.05, 0.1) is 33.0 Å². The molecule has 0 radical (unpaired) electrons. The zero-order valence-electron chi connectivity index (χ0n) is 23.5. The molecule has 0 saturated carbocycles. The molecule has 4 aromatic rings. The minimum Gasteiger partial charge on any atom is -0.411 e. The van der Waals surface area contributed by atoms with Crippen molar-refractivity contribution in [1.29, 1.82) is 5.26 Å². The van der Waals surface area contributed by atoms with Crippen LogP contribution in [0, 0.1) is 11.5 Å². The molecular weight excluding hydrogens is 526 g/mol. The standard InChI is InChI=1S/C36H35NO5/c37-28-42-36(27-38-23-29-13-5-1-6-14-29)22-21-33(39-24-30-15-7-2-8-16-30)34(40-25-31-17-9-3-10-18-31)35(36)41-26-32-19-11-4-12-20-32/h1-22,33-35H,23-27H2/t33-,34+,35-,36-/m0/s1. The van der Waals surface area contributed by atoms with E-state index in [-0.39, 0.29) is 6.61 Å². The summed E-state index contributed by atoms with van der Waals surface area (Å²) in [6.07, 6.45) is 3.88. The first-order valence-corrected chi connectivity index (χ1v) is 14.1. The maximum atomic E-state index is 9.83. The van der Waals surface area contributed by atoms with Gasteiger partial charge in [-0.2, -0.15) is 5.26 Å². The Morgan fingerprint density at radius 2 is 1.02 bits per heavy atom. The average Bonchev–Trinajstić information content (AvgIpc) is 3.05. The topological polar surface area (TPSA) is 69.9 Å². The molecule has 4 aromatic carbocycles. The molecule has 5 rings (SSSR count). The lowest BCUT2D eigenvalue weighted by Crippen LogP contribution is -2.60. The van der Waals surface area contributed by atoms with Gasteiger partial charge in [-0.1, -0.05) is 127 Å². The Morgan fingerprint density at radius 3 is 1.52 bits per heavy atom. The van der Waals surface area contributed by atoms with Crippen molar-refractivity contribution in [2.24, 2.45) is 0 Å². The van der Waals surface area contributed by atoms with Gasteiger partial charge in [0.1, 0.15) is 18.3 Å². The maximum Gasteiger partial charge on any atom is 0.287 e. The second kappa shape index (κ2) is 15.1. The third kappa shape index (κ3) is 7.94. The van der Waals surface area contributed by atoms with Crippen molar-refractivity contribution >= 4 is 0 Å². The van der Waals surface area contributed by atoms with Crippen LogP contribution in [0.2, 0.25) is 0 Å². The van der Waals surface area contributed by atoms with E-state index in [0.29, 0.717) is 26.4 Å². The molecule has 6 nitrogen and oxygen atoms in total. The number of ether oxygens (including phenoxy) is 5. The van der Waals surface area contributed by atoms with Crippen LogP contribution in [0.15, 0.2) is 133 Å². The summed E-state index contributed by atoms with van der Waals surface area (Å²) >= 11 is 0. The van der Waals surface area contributed by atoms with Crippen LogP contribution < -0.4 is 0 Å². The first-order valence-electron chi connectivity index (χ1n) is 14.1. The molecular formula is C36H35NO5. The van der Waals surface area contributed by atoms with Crippen LogP contribution in [0.1, 0.15) is 22.3 Å². The molecule has 1 aliphatic carbocycles. The fourth-order valence-electron chi connectivity index (χ4n) is 5.01. The Kier molecular flexibility index (Phi) is 10.5. The average molecular weight is 562 g/mol. The third-order valence-electron chi connectivity index (χ3n) is 7.19. The summed E-state index contributed by atoms with van der Waals surface area (Å²) in [7, 11) is 0. The van der Waals surface area contributed by atoms with E-state index in [1.165, 1.54) is 0 Å². The van der Waals surface area contributed by atoms with Crippen molar-refractivity contribution in [3.05, 3.63) is 156 Å². The van der Waals surface area contributed by atoms with Crippen LogP contribution in [0.5, 0.6) is 0 Å². The number of hydrogen-bond donors (Lipinski definition) is 0. The van der Waals surface area contributed by atoms with E-state index in [0.717, 1.165) is 22.3 Å². The van der Waals surface area contributed by atoms with Crippen molar-refractivity contribution < 1.29 is 23.7 Å². The molecule has 0 heterocycles. The van der Waals surface area contributed by atoms with Gasteiger partial charge in [0, 0.05) is 0 Å². The monoisotopic (exact) mass is 561 g/mol. The molecule has 0 unspecified atom stereocenters. The minimum absolute atomic E-state index is 0.0853. The SMILES string of the molecule is N#CO[C@]1(COCc2ccccc2)C=C[C@H](OCc2ccccc2)[C@@H](OCc2ccccc2)[C@@H]1OCc1ccccc1. The summed E-state index contributed by atoms with van der Waals surface area (Å²) in [6, 6.07) is 39.8. The molecule has 4 atom stereocenters. The zero-order chi connectivity index (χ0) is 28.9. The van der Waals surface area contributed by atoms with Gasteiger partial charge in [0.25, 0.3) is 6.26 Å². The Bertz CT molecular complexity index is 1410. The number of nitrogens with zero attached hydrogens (tertiary/aromatic N) is 1. The molecule has 0 bridgehead atoms. The van der Waals surface area contributed by atoms with Gasteiger partial charge >= 0.3 is 0 Å². The Morgan fingerprint density at radius 1 is 0.571 bits per heavy atom. The van der Waals surface area contributed by atoms with Crippen molar-refractivity contribution in [3.8, 4) is 6.26 Å². The maximum absolute atomic E-state index is 9.83. The molecule has 42 heavy (non-hydrogen) atoms. The molecule has 0 saturated heterocycles. The largest absolute Gasteiger partial charge is 0.411 e. The van der Waals surface area contributed by atoms with Gasteiger partial charge in [0.15, 0.2) is 5.60 Å². The lowest BCUT2D eigenvalue weighted by Gasteiger charge is -2.44. The molecule has 0 N–H and O–H groups in total. The second-order valence-corrected chi connectivity index (χ2v) is 10.2. The Hall–Kier alpha value is -4.25. The highest BCUT2D eigenvalue weighted by Gasteiger charge is 2.51. The Balaban J connectivity index is 1.44. The van der Waals surface area contributed by atoms with Crippen molar-refractivity contribution in [2.75, 3.05) is 6.61 Å². The molecule has 1 aliphatic rings. The fourth-order valence-corrected chi connectivity index (χ4v) is 5.01. The Labute approximate surface area is 247 Å². The quantitative estimate of drug-likeness (QED) is 0.125. The fraction of sp³-hybridized carbons (Fsp3) is 0.250. The van der Waals surface area contributed by atoms with Crippen LogP contribution in [0.4, 0.5) is 0 Å². The van der Waals surface area contributed by atoms with Crippen molar-refractivity contribution in [1.82, 2.24) is 0 Å². The summed E-state index contributed by atoms with van der Waals surface area (Å²) < 4.78 is 31.6. The van der Waals surface area contributed by atoms with E-state index in [1.54, 1.807) is 0 Å². The van der Waals surface area contributed by atoms with Gasteiger partial charge in [-0.15, -0.1) is 0 Å². The third-order valence-corrected chi connectivity index (χ3v) is 7.19. The predicted molar refractivity (Wildman–Crippen MR) is 160 cm³/mol. The van der Waals surface area contributed by atoms with Gasteiger partial charge in [-0.3, -0.25) is 0 Å². The van der Waals surface area contributed by atoms with Crippen LogP contribution in [-0.2, 0) is 50.1 Å². The van der Waals surface area contributed by atoms with Crippen LogP contribution in [0.25, 0.3) is 0 Å². The summed E-state index contributed by atoms with van der Waals surface area (Å²) in [6.45, 7) is 1.47. The van der Waals surface area contributed by atoms with E-state index in [2.05, 4.69) is 0 Å². The van der Waals surface area contributed by atoms with Gasteiger partial charge in [-0.05, 0) is 28.3 Å². The van der Waals surface area contributed by atoms with E-state index in [9.17, 15) is 5.26 Å². The van der Waals surface area contributed by atoms with Gasteiger partial charge in [0.2, 0.25) is 0 Å². The molecule has 0 aromatic heterocycles. The minimum atomic E-state index is -1.23.